The average Bonchev–Trinajstić information content (AvgIpc) is 3.16. The molecule has 0 spiro atoms. The molecule has 0 aliphatic rings. The number of ketones is 1. The third-order valence-corrected chi connectivity index (χ3v) is 5.11. The van der Waals surface area contributed by atoms with Gasteiger partial charge in [-0.25, -0.2) is 9.59 Å². The van der Waals surface area contributed by atoms with Crippen molar-refractivity contribution in [3.05, 3.63) is 56.5 Å². The van der Waals surface area contributed by atoms with Crippen molar-refractivity contribution in [2.75, 3.05) is 13.2 Å². The van der Waals surface area contributed by atoms with Crippen LogP contribution in [0.4, 0.5) is 0 Å². The highest BCUT2D eigenvalue weighted by molar-refractivity contribution is 9.10. The predicted octanol–water partition coefficient (Wildman–Crippen LogP) is 4.67. The lowest BCUT2D eigenvalue weighted by Crippen LogP contribution is -2.16. The molecule has 1 aromatic carbocycles. The number of aryl methyl sites for hydroxylation is 2. The highest BCUT2D eigenvalue weighted by atomic mass is 79.9. The molecule has 0 fully saturated rings. The standard InChI is InChI=1S/C21H20BrNO6/c1-5-27-20(25)17-11(3)18(23-12(17)4)15(24)9-28-21(26)19-10(2)14-8-13(22)6-7-16(14)29-19/h6-8,23H,5,9H2,1-4H3. The quantitative estimate of drug-likeness (QED) is 0.423. The van der Waals surface area contributed by atoms with Crippen molar-refractivity contribution in [3.63, 3.8) is 0 Å². The van der Waals surface area contributed by atoms with Gasteiger partial charge in [-0.15, -0.1) is 0 Å². The number of benzene rings is 1. The molecule has 3 rings (SSSR count). The molecule has 7 nitrogen and oxygen atoms in total. The zero-order chi connectivity index (χ0) is 21.3. The zero-order valence-corrected chi connectivity index (χ0v) is 18.1. The molecule has 0 unspecified atom stereocenters. The number of nitrogens with one attached hydrogen (secondary N) is 1. The van der Waals surface area contributed by atoms with E-state index in [9.17, 15) is 14.4 Å². The van der Waals surface area contributed by atoms with Crippen LogP contribution in [0.2, 0.25) is 0 Å². The molecule has 8 heteroatoms. The Hall–Kier alpha value is -2.87. The van der Waals surface area contributed by atoms with Crippen molar-refractivity contribution in [2.24, 2.45) is 0 Å². The molecule has 152 valence electrons. The highest BCUT2D eigenvalue weighted by Crippen LogP contribution is 2.28. The van der Waals surface area contributed by atoms with E-state index in [4.69, 9.17) is 13.9 Å². The molecular weight excluding hydrogens is 442 g/mol. The number of rotatable bonds is 6. The fraction of sp³-hybridized carbons (Fsp3) is 0.286. The van der Waals surface area contributed by atoms with Gasteiger partial charge in [0.05, 0.1) is 17.9 Å². The maximum Gasteiger partial charge on any atom is 0.375 e. The van der Waals surface area contributed by atoms with Gasteiger partial charge in [-0.1, -0.05) is 15.9 Å². The summed E-state index contributed by atoms with van der Waals surface area (Å²) in [4.78, 5) is 39.9. The van der Waals surface area contributed by atoms with Gasteiger partial charge in [-0.2, -0.15) is 0 Å². The number of H-pyrrole nitrogens is 1. The fourth-order valence-corrected chi connectivity index (χ4v) is 3.56. The smallest absolute Gasteiger partial charge is 0.375 e. The second-order valence-corrected chi connectivity index (χ2v) is 7.46. The van der Waals surface area contributed by atoms with Gasteiger partial charge in [-0.05, 0) is 51.5 Å². The monoisotopic (exact) mass is 461 g/mol. The van der Waals surface area contributed by atoms with Crippen molar-refractivity contribution < 1.29 is 28.3 Å². The molecule has 0 amide bonds. The molecule has 0 saturated carbocycles. The molecule has 0 aliphatic heterocycles. The van der Waals surface area contributed by atoms with Crippen LogP contribution >= 0.6 is 15.9 Å². The van der Waals surface area contributed by atoms with Crippen LogP contribution in [0.3, 0.4) is 0 Å². The first-order chi connectivity index (χ1) is 13.7. The Morgan fingerprint density at radius 2 is 1.79 bits per heavy atom. The van der Waals surface area contributed by atoms with Crippen LogP contribution in [0.1, 0.15) is 55.1 Å². The third-order valence-electron chi connectivity index (χ3n) is 4.61. The molecule has 3 aromatic rings. The van der Waals surface area contributed by atoms with Gasteiger partial charge < -0.3 is 18.9 Å². The van der Waals surface area contributed by atoms with E-state index in [1.54, 1.807) is 39.8 Å². The fourth-order valence-electron chi connectivity index (χ4n) is 3.19. The summed E-state index contributed by atoms with van der Waals surface area (Å²) in [5.74, 6) is -1.63. The summed E-state index contributed by atoms with van der Waals surface area (Å²) < 4.78 is 16.6. The minimum atomic E-state index is -0.727. The first kappa shape index (κ1) is 20.9. The number of ether oxygens (including phenoxy) is 2. The van der Waals surface area contributed by atoms with Crippen LogP contribution in [-0.2, 0) is 9.47 Å². The lowest BCUT2D eigenvalue weighted by Gasteiger charge is -2.04. The molecular formula is C21H20BrNO6. The average molecular weight is 462 g/mol. The highest BCUT2D eigenvalue weighted by Gasteiger charge is 2.25. The number of hydrogen-bond donors (Lipinski definition) is 1. The largest absolute Gasteiger partial charge is 0.462 e. The van der Waals surface area contributed by atoms with Crippen LogP contribution in [0.15, 0.2) is 27.1 Å². The van der Waals surface area contributed by atoms with Crippen LogP contribution in [0.25, 0.3) is 11.0 Å². The summed E-state index contributed by atoms with van der Waals surface area (Å²) >= 11 is 3.38. The Morgan fingerprint density at radius 1 is 1.07 bits per heavy atom. The second kappa shape index (κ2) is 8.24. The number of fused-ring (bicyclic) bond motifs is 1. The van der Waals surface area contributed by atoms with E-state index in [0.717, 1.165) is 9.86 Å². The Bertz CT molecular complexity index is 1120. The summed E-state index contributed by atoms with van der Waals surface area (Å²) in [6.07, 6.45) is 0. The van der Waals surface area contributed by atoms with Crippen LogP contribution in [0, 0.1) is 20.8 Å². The number of esters is 2. The van der Waals surface area contributed by atoms with Gasteiger partial charge in [0.25, 0.3) is 0 Å². The normalized spacial score (nSPS) is 10.9. The van der Waals surface area contributed by atoms with E-state index >= 15 is 0 Å². The van der Waals surface area contributed by atoms with Crippen molar-refractivity contribution in [2.45, 2.75) is 27.7 Å². The molecule has 29 heavy (non-hydrogen) atoms. The van der Waals surface area contributed by atoms with Crippen molar-refractivity contribution in [3.8, 4) is 0 Å². The van der Waals surface area contributed by atoms with Crippen LogP contribution in [-0.4, -0.2) is 35.9 Å². The molecule has 0 atom stereocenters. The SMILES string of the molecule is CCOC(=O)c1c(C)[nH]c(C(=O)COC(=O)c2oc3ccc(Br)cc3c2C)c1C. The summed E-state index contributed by atoms with van der Waals surface area (Å²) in [5, 5.41) is 0.785. The summed E-state index contributed by atoms with van der Waals surface area (Å²) in [7, 11) is 0. The maximum absolute atomic E-state index is 12.6. The number of carbonyl (C=O) groups is 3. The van der Waals surface area contributed by atoms with Crippen molar-refractivity contribution >= 4 is 44.6 Å². The molecule has 0 saturated heterocycles. The molecule has 0 aliphatic carbocycles. The number of aromatic nitrogens is 1. The first-order valence-corrected chi connectivity index (χ1v) is 9.79. The van der Waals surface area contributed by atoms with E-state index in [-0.39, 0.29) is 18.1 Å². The summed E-state index contributed by atoms with van der Waals surface area (Å²) in [5.41, 5.74) is 2.71. The van der Waals surface area contributed by atoms with E-state index in [0.29, 0.717) is 28.0 Å². The van der Waals surface area contributed by atoms with Gasteiger partial charge in [0, 0.05) is 21.1 Å². The summed E-state index contributed by atoms with van der Waals surface area (Å²) in [6, 6.07) is 5.40. The van der Waals surface area contributed by atoms with Gasteiger partial charge in [-0.3, -0.25) is 4.79 Å². The van der Waals surface area contributed by atoms with Gasteiger partial charge in [0.15, 0.2) is 6.61 Å². The Labute approximate surface area is 175 Å². The molecule has 1 N–H and O–H groups in total. The minimum absolute atomic E-state index is 0.0532. The molecule has 0 radical (unpaired) electrons. The first-order valence-electron chi connectivity index (χ1n) is 8.99. The second-order valence-electron chi connectivity index (χ2n) is 6.54. The van der Waals surface area contributed by atoms with E-state index in [2.05, 4.69) is 20.9 Å². The van der Waals surface area contributed by atoms with Crippen LogP contribution in [0.5, 0.6) is 0 Å². The Balaban J connectivity index is 1.76. The number of aromatic amines is 1. The van der Waals surface area contributed by atoms with E-state index in [1.165, 1.54) is 0 Å². The predicted molar refractivity (Wildman–Crippen MR) is 109 cm³/mol. The lowest BCUT2D eigenvalue weighted by molar-refractivity contribution is 0.0443. The van der Waals surface area contributed by atoms with Crippen LogP contribution < -0.4 is 0 Å². The number of hydrogen-bond acceptors (Lipinski definition) is 6. The molecule has 2 aromatic heterocycles. The van der Waals surface area contributed by atoms with E-state index in [1.807, 2.05) is 6.07 Å². The zero-order valence-electron chi connectivity index (χ0n) is 16.5. The van der Waals surface area contributed by atoms with Gasteiger partial charge in [0.2, 0.25) is 11.5 Å². The van der Waals surface area contributed by atoms with Crippen molar-refractivity contribution in [1.29, 1.82) is 0 Å². The summed E-state index contributed by atoms with van der Waals surface area (Å²) in [6.45, 7) is 6.53. The van der Waals surface area contributed by atoms with Gasteiger partial charge in [0.1, 0.15) is 5.58 Å². The minimum Gasteiger partial charge on any atom is -0.462 e. The number of furan rings is 1. The number of Topliss-reactive ketones (excluding diaryl/α,β-unsaturated/α-hetero) is 1. The van der Waals surface area contributed by atoms with Crippen molar-refractivity contribution in [1.82, 2.24) is 4.98 Å². The van der Waals surface area contributed by atoms with E-state index < -0.39 is 24.3 Å². The van der Waals surface area contributed by atoms with Gasteiger partial charge >= 0.3 is 11.9 Å². The third kappa shape index (κ3) is 3.98. The molecule has 2 heterocycles. The Morgan fingerprint density at radius 3 is 2.48 bits per heavy atom. The molecule has 0 bridgehead atoms. The topological polar surface area (TPSA) is 98.6 Å². The Kier molecular flexibility index (Phi) is 5.93. The number of carbonyl (C=O) groups excluding carboxylic acids is 3. The lowest BCUT2D eigenvalue weighted by atomic mass is 10.1. The number of halogens is 1. The maximum atomic E-state index is 12.6.